The molecule has 9 heteroatoms. The lowest BCUT2D eigenvalue weighted by molar-refractivity contribution is 0.0921. The SMILES string of the molecule is COc1cc(-n2cnnn2)c(Cl)cc1C(=O)NC1CCOc2ccccc21. The van der Waals surface area contributed by atoms with Gasteiger partial charge in [-0.25, -0.2) is 0 Å². The highest BCUT2D eigenvalue weighted by molar-refractivity contribution is 6.33. The zero-order chi connectivity index (χ0) is 18.8. The molecule has 1 unspecified atom stereocenters. The van der Waals surface area contributed by atoms with Gasteiger partial charge in [-0.2, -0.15) is 4.68 Å². The number of ether oxygens (including phenoxy) is 2. The molecule has 0 radical (unpaired) electrons. The van der Waals surface area contributed by atoms with Gasteiger partial charge in [-0.15, -0.1) is 5.10 Å². The number of tetrazole rings is 1. The molecule has 27 heavy (non-hydrogen) atoms. The summed E-state index contributed by atoms with van der Waals surface area (Å²) in [5.41, 5.74) is 1.81. The number of nitrogens with zero attached hydrogens (tertiary/aromatic N) is 4. The number of rotatable bonds is 4. The van der Waals surface area contributed by atoms with Crippen molar-refractivity contribution in [1.29, 1.82) is 0 Å². The van der Waals surface area contributed by atoms with E-state index in [1.807, 2.05) is 24.3 Å². The molecule has 1 amide bonds. The Kier molecular flexibility index (Phi) is 4.64. The number of hydrogen-bond donors (Lipinski definition) is 1. The summed E-state index contributed by atoms with van der Waals surface area (Å²) in [6.07, 6.45) is 2.10. The maximum atomic E-state index is 12.9. The summed E-state index contributed by atoms with van der Waals surface area (Å²) < 4.78 is 12.4. The number of aromatic nitrogens is 4. The molecular weight excluding hydrogens is 370 g/mol. The van der Waals surface area contributed by atoms with Gasteiger partial charge in [0, 0.05) is 18.1 Å². The third kappa shape index (κ3) is 3.31. The van der Waals surface area contributed by atoms with Crippen molar-refractivity contribution >= 4 is 17.5 Å². The molecule has 1 aliphatic heterocycles. The lowest BCUT2D eigenvalue weighted by atomic mass is 10.00. The molecule has 0 fully saturated rings. The van der Waals surface area contributed by atoms with Crippen molar-refractivity contribution in [1.82, 2.24) is 25.5 Å². The minimum atomic E-state index is -0.279. The fraction of sp³-hybridized carbons (Fsp3) is 0.222. The molecule has 1 N–H and O–H groups in total. The Bertz CT molecular complexity index is 977. The maximum absolute atomic E-state index is 12.9. The summed E-state index contributed by atoms with van der Waals surface area (Å²) in [7, 11) is 1.49. The number of nitrogens with one attached hydrogen (secondary N) is 1. The molecule has 0 aliphatic carbocycles. The molecule has 0 bridgehead atoms. The second kappa shape index (κ2) is 7.24. The average molecular weight is 386 g/mol. The zero-order valence-corrected chi connectivity index (χ0v) is 15.2. The Morgan fingerprint density at radius 1 is 1.37 bits per heavy atom. The number of carbonyl (C=O) groups is 1. The minimum Gasteiger partial charge on any atom is -0.496 e. The van der Waals surface area contributed by atoms with Crippen molar-refractivity contribution in [2.45, 2.75) is 12.5 Å². The van der Waals surface area contributed by atoms with Crippen LogP contribution in [0.4, 0.5) is 0 Å². The summed E-state index contributed by atoms with van der Waals surface area (Å²) in [6.45, 7) is 0.540. The molecule has 1 atom stereocenters. The third-order valence-electron chi connectivity index (χ3n) is 4.37. The van der Waals surface area contributed by atoms with Crippen molar-refractivity contribution in [3.8, 4) is 17.2 Å². The van der Waals surface area contributed by atoms with Gasteiger partial charge in [0.15, 0.2) is 0 Å². The number of fused-ring (bicyclic) bond motifs is 1. The van der Waals surface area contributed by atoms with Crippen LogP contribution < -0.4 is 14.8 Å². The van der Waals surface area contributed by atoms with Crippen LogP contribution in [0.15, 0.2) is 42.7 Å². The van der Waals surface area contributed by atoms with Crippen LogP contribution in [0.2, 0.25) is 5.02 Å². The summed E-state index contributed by atoms with van der Waals surface area (Å²) in [5.74, 6) is 0.884. The number of para-hydroxylation sites is 1. The number of benzene rings is 2. The minimum absolute atomic E-state index is 0.148. The van der Waals surface area contributed by atoms with Gasteiger partial charge in [0.1, 0.15) is 17.8 Å². The van der Waals surface area contributed by atoms with E-state index in [9.17, 15) is 4.79 Å². The summed E-state index contributed by atoms with van der Waals surface area (Å²) >= 11 is 6.35. The van der Waals surface area contributed by atoms with Crippen molar-refractivity contribution < 1.29 is 14.3 Å². The number of carbonyl (C=O) groups excluding carboxylic acids is 1. The highest BCUT2D eigenvalue weighted by Gasteiger charge is 2.25. The highest BCUT2D eigenvalue weighted by atomic mass is 35.5. The Morgan fingerprint density at radius 2 is 2.22 bits per heavy atom. The monoisotopic (exact) mass is 385 g/mol. The van der Waals surface area contributed by atoms with E-state index in [1.165, 1.54) is 18.1 Å². The molecule has 1 aromatic heterocycles. The Labute approximate surface area is 160 Å². The number of methoxy groups -OCH3 is 1. The van der Waals surface area contributed by atoms with Crippen LogP contribution in [0.25, 0.3) is 5.69 Å². The van der Waals surface area contributed by atoms with Crippen LogP contribution in [-0.4, -0.2) is 39.8 Å². The van der Waals surface area contributed by atoms with Gasteiger partial charge < -0.3 is 14.8 Å². The molecule has 138 valence electrons. The average Bonchev–Trinajstić information content (AvgIpc) is 3.22. The van der Waals surface area contributed by atoms with Gasteiger partial charge in [0.25, 0.3) is 5.91 Å². The van der Waals surface area contributed by atoms with E-state index in [2.05, 4.69) is 20.8 Å². The molecule has 0 saturated heterocycles. The van der Waals surface area contributed by atoms with Gasteiger partial charge in [-0.1, -0.05) is 29.8 Å². The highest BCUT2D eigenvalue weighted by Crippen LogP contribution is 2.33. The van der Waals surface area contributed by atoms with Gasteiger partial charge in [-0.05, 0) is 22.6 Å². The maximum Gasteiger partial charge on any atom is 0.255 e. The van der Waals surface area contributed by atoms with E-state index in [-0.39, 0.29) is 11.9 Å². The molecule has 0 spiro atoms. The summed E-state index contributed by atoms with van der Waals surface area (Å²) in [6, 6.07) is 10.7. The van der Waals surface area contributed by atoms with E-state index < -0.39 is 0 Å². The Balaban J connectivity index is 1.64. The van der Waals surface area contributed by atoms with Gasteiger partial charge >= 0.3 is 0 Å². The fourth-order valence-electron chi connectivity index (χ4n) is 3.06. The molecule has 2 aromatic carbocycles. The van der Waals surface area contributed by atoms with Crippen LogP contribution in [0.3, 0.4) is 0 Å². The molecular formula is C18H16ClN5O3. The van der Waals surface area contributed by atoms with Crippen LogP contribution in [-0.2, 0) is 0 Å². The first kappa shape index (κ1) is 17.3. The second-order valence-corrected chi connectivity index (χ2v) is 6.37. The van der Waals surface area contributed by atoms with Gasteiger partial charge in [0.05, 0.1) is 36.0 Å². The molecule has 2 heterocycles. The van der Waals surface area contributed by atoms with E-state index in [0.717, 1.165) is 11.3 Å². The largest absolute Gasteiger partial charge is 0.496 e. The lowest BCUT2D eigenvalue weighted by Gasteiger charge is -2.27. The topological polar surface area (TPSA) is 91.2 Å². The fourth-order valence-corrected chi connectivity index (χ4v) is 3.31. The molecule has 4 rings (SSSR count). The van der Waals surface area contributed by atoms with Crippen LogP contribution in [0.1, 0.15) is 28.4 Å². The predicted molar refractivity (Wildman–Crippen MR) is 97.5 cm³/mol. The van der Waals surface area contributed by atoms with E-state index in [1.54, 1.807) is 12.1 Å². The van der Waals surface area contributed by atoms with Gasteiger partial charge in [0.2, 0.25) is 0 Å². The van der Waals surface area contributed by atoms with Crippen molar-refractivity contribution in [3.63, 3.8) is 0 Å². The zero-order valence-electron chi connectivity index (χ0n) is 14.4. The molecule has 3 aromatic rings. The first-order chi connectivity index (χ1) is 13.2. The number of amides is 1. The first-order valence-electron chi connectivity index (χ1n) is 8.31. The predicted octanol–water partition coefficient (Wildman–Crippen LogP) is 2.58. The van der Waals surface area contributed by atoms with Crippen LogP contribution >= 0.6 is 11.6 Å². The number of halogens is 1. The third-order valence-corrected chi connectivity index (χ3v) is 4.68. The van der Waals surface area contributed by atoms with Gasteiger partial charge in [-0.3, -0.25) is 4.79 Å². The Hall–Kier alpha value is -3.13. The van der Waals surface area contributed by atoms with Crippen LogP contribution in [0, 0.1) is 0 Å². The van der Waals surface area contributed by atoms with Crippen LogP contribution in [0.5, 0.6) is 11.5 Å². The van der Waals surface area contributed by atoms with Crippen molar-refractivity contribution in [2.75, 3.05) is 13.7 Å². The molecule has 8 nitrogen and oxygen atoms in total. The quantitative estimate of drug-likeness (QED) is 0.742. The number of hydrogen-bond acceptors (Lipinski definition) is 6. The van der Waals surface area contributed by atoms with Crippen molar-refractivity contribution in [2.24, 2.45) is 0 Å². The van der Waals surface area contributed by atoms with E-state index >= 15 is 0 Å². The summed E-state index contributed by atoms with van der Waals surface area (Å²) in [4.78, 5) is 12.9. The summed E-state index contributed by atoms with van der Waals surface area (Å²) in [5, 5.41) is 14.4. The normalized spacial score (nSPS) is 15.6. The second-order valence-electron chi connectivity index (χ2n) is 5.96. The first-order valence-corrected chi connectivity index (χ1v) is 8.68. The van der Waals surface area contributed by atoms with Crippen molar-refractivity contribution in [3.05, 3.63) is 58.9 Å². The molecule has 1 aliphatic rings. The van der Waals surface area contributed by atoms with E-state index in [4.69, 9.17) is 21.1 Å². The Morgan fingerprint density at radius 3 is 3.00 bits per heavy atom. The standard InChI is InChI=1S/C18H16ClN5O3/c1-26-17-9-15(24-10-20-22-23-24)13(19)8-12(17)18(25)21-14-6-7-27-16-5-3-2-4-11(14)16/h2-5,8-10,14H,6-7H2,1H3,(H,21,25). The smallest absolute Gasteiger partial charge is 0.255 e. The molecule has 0 saturated carbocycles. The van der Waals surface area contributed by atoms with E-state index in [0.29, 0.717) is 35.1 Å². The lowest BCUT2D eigenvalue weighted by Crippen LogP contribution is -2.32.